The second kappa shape index (κ2) is 5.70. The molecule has 1 aromatic rings. The molecule has 0 atom stereocenters. The molecule has 0 saturated heterocycles. The van der Waals surface area contributed by atoms with E-state index in [1.165, 1.54) is 0 Å². The van der Waals surface area contributed by atoms with E-state index in [2.05, 4.69) is 22.4 Å². The summed E-state index contributed by atoms with van der Waals surface area (Å²) in [4.78, 5) is 0. The van der Waals surface area contributed by atoms with Crippen LogP contribution in [0, 0.1) is 0 Å². The Labute approximate surface area is 78.7 Å². The third kappa shape index (κ3) is 3.55. The molecule has 0 aliphatic rings. The van der Waals surface area contributed by atoms with Gasteiger partial charge in [0.2, 0.25) is 11.8 Å². The van der Waals surface area contributed by atoms with Gasteiger partial charge in [-0.1, -0.05) is 6.92 Å². The Morgan fingerprint density at radius 1 is 1.23 bits per heavy atom. The lowest BCUT2D eigenvalue weighted by atomic mass is 10.3. The predicted octanol–water partition coefficient (Wildman–Crippen LogP) is 1.17. The van der Waals surface area contributed by atoms with Crippen molar-refractivity contribution in [2.45, 2.75) is 32.6 Å². The molecule has 1 N–H and O–H groups in total. The van der Waals surface area contributed by atoms with E-state index >= 15 is 0 Å². The van der Waals surface area contributed by atoms with Crippen molar-refractivity contribution < 1.29 is 4.42 Å². The molecule has 0 aliphatic carbocycles. The number of aryl methyl sites for hydroxylation is 2. The van der Waals surface area contributed by atoms with E-state index in [4.69, 9.17) is 4.42 Å². The maximum Gasteiger partial charge on any atom is 0.216 e. The van der Waals surface area contributed by atoms with Gasteiger partial charge in [0.15, 0.2) is 0 Å². The van der Waals surface area contributed by atoms with Gasteiger partial charge in [-0.2, -0.15) is 0 Å². The fourth-order valence-electron chi connectivity index (χ4n) is 1.12. The van der Waals surface area contributed by atoms with Crippen molar-refractivity contribution in [3.8, 4) is 0 Å². The zero-order valence-electron chi connectivity index (χ0n) is 8.34. The van der Waals surface area contributed by atoms with Crippen LogP contribution in [0.4, 0.5) is 0 Å². The largest absolute Gasteiger partial charge is 0.425 e. The van der Waals surface area contributed by atoms with Crippen molar-refractivity contribution in [3.05, 3.63) is 11.8 Å². The topological polar surface area (TPSA) is 51.0 Å². The Kier molecular flexibility index (Phi) is 4.46. The standard InChI is InChI=1S/C9H17N3O/c1-3-5-8-11-12-9(13-8)6-4-7-10-2/h10H,3-7H2,1-2H3. The van der Waals surface area contributed by atoms with Gasteiger partial charge in [0.1, 0.15) is 0 Å². The zero-order valence-corrected chi connectivity index (χ0v) is 8.34. The van der Waals surface area contributed by atoms with E-state index in [1.807, 2.05) is 7.05 Å². The maximum absolute atomic E-state index is 5.42. The van der Waals surface area contributed by atoms with E-state index in [9.17, 15) is 0 Å². The molecule has 74 valence electrons. The molecule has 4 nitrogen and oxygen atoms in total. The zero-order chi connectivity index (χ0) is 9.52. The molecular weight excluding hydrogens is 166 g/mol. The predicted molar refractivity (Wildman–Crippen MR) is 50.5 cm³/mol. The van der Waals surface area contributed by atoms with Gasteiger partial charge >= 0.3 is 0 Å². The highest BCUT2D eigenvalue weighted by atomic mass is 16.4. The van der Waals surface area contributed by atoms with E-state index in [0.717, 1.165) is 44.0 Å². The summed E-state index contributed by atoms with van der Waals surface area (Å²) in [6.07, 6.45) is 3.86. The molecule has 1 rings (SSSR count). The van der Waals surface area contributed by atoms with Crippen molar-refractivity contribution in [2.75, 3.05) is 13.6 Å². The number of rotatable bonds is 6. The SMILES string of the molecule is CCCc1nnc(CCCNC)o1. The molecule has 0 aliphatic heterocycles. The highest BCUT2D eigenvalue weighted by Gasteiger charge is 2.03. The minimum absolute atomic E-state index is 0.763. The molecule has 1 aromatic heterocycles. The average Bonchev–Trinajstić information content (AvgIpc) is 2.54. The minimum Gasteiger partial charge on any atom is -0.425 e. The highest BCUT2D eigenvalue weighted by molar-refractivity contribution is 4.81. The van der Waals surface area contributed by atoms with Crippen molar-refractivity contribution >= 4 is 0 Å². The van der Waals surface area contributed by atoms with Crippen LogP contribution >= 0.6 is 0 Å². The molecule has 0 unspecified atom stereocenters. The molecule has 13 heavy (non-hydrogen) atoms. The Hall–Kier alpha value is -0.900. The van der Waals surface area contributed by atoms with E-state index in [0.29, 0.717) is 0 Å². The van der Waals surface area contributed by atoms with Crippen molar-refractivity contribution in [2.24, 2.45) is 0 Å². The fourth-order valence-corrected chi connectivity index (χ4v) is 1.12. The lowest BCUT2D eigenvalue weighted by molar-refractivity contribution is 0.441. The summed E-state index contributed by atoms with van der Waals surface area (Å²) in [6, 6.07) is 0. The van der Waals surface area contributed by atoms with E-state index in [1.54, 1.807) is 0 Å². The Balaban J connectivity index is 2.31. The van der Waals surface area contributed by atoms with Gasteiger partial charge in [0.05, 0.1) is 0 Å². The van der Waals surface area contributed by atoms with Crippen molar-refractivity contribution in [3.63, 3.8) is 0 Å². The van der Waals surface area contributed by atoms with Crippen LogP contribution in [-0.2, 0) is 12.8 Å². The number of aromatic nitrogens is 2. The summed E-state index contributed by atoms with van der Waals surface area (Å²) in [5.41, 5.74) is 0. The Bertz CT molecular complexity index is 235. The van der Waals surface area contributed by atoms with Gasteiger partial charge in [-0.05, 0) is 26.4 Å². The number of hydrogen-bond acceptors (Lipinski definition) is 4. The first-order chi connectivity index (χ1) is 6.36. The van der Waals surface area contributed by atoms with Gasteiger partial charge in [0.25, 0.3) is 0 Å². The summed E-state index contributed by atoms with van der Waals surface area (Å²) < 4.78 is 5.42. The lowest BCUT2D eigenvalue weighted by Crippen LogP contribution is -2.08. The second-order valence-electron chi connectivity index (χ2n) is 3.05. The van der Waals surface area contributed by atoms with Gasteiger partial charge in [-0.15, -0.1) is 10.2 Å². The summed E-state index contributed by atoms with van der Waals surface area (Å²) in [7, 11) is 1.94. The Morgan fingerprint density at radius 2 is 1.92 bits per heavy atom. The maximum atomic E-state index is 5.42. The van der Waals surface area contributed by atoms with Crippen LogP contribution < -0.4 is 5.32 Å². The Morgan fingerprint density at radius 3 is 2.54 bits per heavy atom. The van der Waals surface area contributed by atoms with Gasteiger partial charge in [-0.3, -0.25) is 0 Å². The first-order valence-electron chi connectivity index (χ1n) is 4.82. The van der Waals surface area contributed by atoms with Crippen LogP contribution in [0.3, 0.4) is 0 Å². The van der Waals surface area contributed by atoms with Crippen LogP contribution in [0.15, 0.2) is 4.42 Å². The van der Waals surface area contributed by atoms with Crippen LogP contribution in [0.2, 0.25) is 0 Å². The van der Waals surface area contributed by atoms with Crippen molar-refractivity contribution in [1.29, 1.82) is 0 Å². The van der Waals surface area contributed by atoms with Crippen molar-refractivity contribution in [1.82, 2.24) is 15.5 Å². The monoisotopic (exact) mass is 183 g/mol. The third-order valence-corrected chi connectivity index (χ3v) is 1.79. The average molecular weight is 183 g/mol. The van der Waals surface area contributed by atoms with Crippen LogP contribution in [-0.4, -0.2) is 23.8 Å². The molecule has 1 heterocycles. The number of hydrogen-bond donors (Lipinski definition) is 1. The normalized spacial score (nSPS) is 10.6. The lowest BCUT2D eigenvalue weighted by Gasteiger charge is -1.94. The van der Waals surface area contributed by atoms with Gasteiger partial charge in [0, 0.05) is 12.8 Å². The number of nitrogens with one attached hydrogen (secondary N) is 1. The summed E-state index contributed by atoms with van der Waals surface area (Å²) in [6.45, 7) is 3.09. The summed E-state index contributed by atoms with van der Waals surface area (Å²) >= 11 is 0. The first kappa shape index (κ1) is 10.2. The second-order valence-corrected chi connectivity index (χ2v) is 3.05. The molecular formula is C9H17N3O. The van der Waals surface area contributed by atoms with Crippen LogP contribution in [0.25, 0.3) is 0 Å². The molecule has 0 bridgehead atoms. The summed E-state index contributed by atoms with van der Waals surface area (Å²) in [5.74, 6) is 1.53. The first-order valence-corrected chi connectivity index (χ1v) is 4.82. The third-order valence-electron chi connectivity index (χ3n) is 1.79. The molecule has 0 fully saturated rings. The molecule has 4 heteroatoms. The minimum atomic E-state index is 0.763. The smallest absolute Gasteiger partial charge is 0.216 e. The molecule has 0 aromatic carbocycles. The molecule has 0 spiro atoms. The van der Waals surface area contributed by atoms with Crippen LogP contribution in [0.5, 0.6) is 0 Å². The molecule has 0 amide bonds. The van der Waals surface area contributed by atoms with E-state index < -0.39 is 0 Å². The quantitative estimate of drug-likeness (QED) is 0.673. The number of nitrogens with zero attached hydrogens (tertiary/aromatic N) is 2. The van der Waals surface area contributed by atoms with Crippen LogP contribution in [0.1, 0.15) is 31.5 Å². The summed E-state index contributed by atoms with van der Waals surface area (Å²) in [5, 5.41) is 11.0. The van der Waals surface area contributed by atoms with Gasteiger partial charge in [-0.25, -0.2) is 0 Å². The fraction of sp³-hybridized carbons (Fsp3) is 0.778. The van der Waals surface area contributed by atoms with Gasteiger partial charge < -0.3 is 9.73 Å². The van der Waals surface area contributed by atoms with E-state index in [-0.39, 0.29) is 0 Å². The molecule has 0 radical (unpaired) electrons. The molecule has 0 saturated carbocycles. The highest BCUT2D eigenvalue weighted by Crippen LogP contribution is 2.04.